The Morgan fingerprint density at radius 3 is 2.61 bits per heavy atom. The lowest BCUT2D eigenvalue weighted by Gasteiger charge is -2.16. The van der Waals surface area contributed by atoms with Gasteiger partial charge in [0.2, 0.25) is 0 Å². The van der Waals surface area contributed by atoms with Crippen molar-refractivity contribution in [3.8, 4) is 0 Å². The first-order valence-corrected chi connectivity index (χ1v) is 8.18. The highest BCUT2D eigenvalue weighted by molar-refractivity contribution is 9.11. The molecule has 0 bridgehead atoms. The molecule has 1 aromatic heterocycles. The van der Waals surface area contributed by atoms with Crippen LogP contribution in [0.4, 0.5) is 0 Å². The summed E-state index contributed by atoms with van der Waals surface area (Å²) >= 11 is 8.88. The summed E-state index contributed by atoms with van der Waals surface area (Å²) in [6.07, 6.45) is 1.000. The summed E-state index contributed by atoms with van der Waals surface area (Å²) in [5.41, 5.74) is 2.72. The largest absolute Gasteiger partial charge is 0.313 e. The number of aryl methyl sites for hydroxylation is 1. The maximum Gasteiger partial charge on any atom is 0.0704 e. The van der Waals surface area contributed by atoms with Crippen LogP contribution in [0.3, 0.4) is 0 Å². The van der Waals surface area contributed by atoms with Gasteiger partial charge in [-0.15, -0.1) is 11.3 Å². The van der Waals surface area contributed by atoms with Gasteiger partial charge in [-0.2, -0.15) is 0 Å². The van der Waals surface area contributed by atoms with E-state index >= 15 is 0 Å². The maximum atomic E-state index is 3.56. The number of nitrogens with one attached hydrogen (secondary N) is 1. The summed E-state index contributed by atoms with van der Waals surface area (Å²) in [6.45, 7) is 2.18. The molecular formula is C14H15Br2NS. The van der Waals surface area contributed by atoms with E-state index in [9.17, 15) is 0 Å². The molecule has 0 fully saturated rings. The van der Waals surface area contributed by atoms with Gasteiger partial charge in [-0.05, 0) is 65.6 Å². The van der Waals surface area contributed by atoms with Crippen molar-refractivity contribution in [1.29, 1.82) is 0 Å². The first-order chi connectivity index (χ1) is 8.60. The number of hydrogen-bond donors (Lipinski definition) is 1. The molecule has 0 saturated carbocycles. The Morgan fingerprint density at radius 2 is 2.06 bits per heavy atom. The van der Waals surface area contributed by atoms with Crippen LogP contribution in [0.1, 0.15) is 22.0 Å². The summed E-state index contributed by atoms with van der Waals surface area (Å²) < 4.78 is 2.34. The average molecular weight is 389 g/mol. The molecule has 0 radical (unpaired) electrons. The number of halogens is 2. The van der Waals surface area contributed by atoms with Crippen molar-refractivity contribution in [3.63, 3.8) is 0 Å². The Kier molecular flexibility index (Phi) is 5.01. The molecule has 0 aliphatic carbocycles. The van der Waals surface area contributed by atoms with E-state index in [1.165, 1.54) is 19.8 Å². The van der Waals surface area contributed by atoms with E-state index in [1.807, 2.05) is 7.05 Å². The van der Waals surface area contributed by atoms with Gasteiger partial charge in [0.15, 0.2) is 0 Å². The molecule has 0 aliphatic heterocycles. The van der Waals surface area contributed by atoms with Crippen LogP contribution in [0.15, 0.2) is 38.6 Å². The molecule has 1 heterocycles. The lowest BCUT2D eigenvalue weighted by molar-refractivity contribution is 0.591. The fraction of sp³-hybridized carbons (Fsp3) is 0.286. The van der Waals surface area contributed by atoms with Crippen LogP contribution in [0.25, 0.3) is 0 Å². The lowest BCUT2D eigenvalue weighted by atomic mass is 10.00. The van der Waals surface area contributed by atoms with E-state index in [4.69, 9.17) is 0 Å². The van der Waals surface area contributed by atoms with Crippen LogP contribution in [-0.2, 0) is 6.42 Å². The lowest BCUT2D eigenvalue weighted by Crippen LogP contribution is -2.19. The molecule has 0 saturated heterocycles. The Morgan fingerprint density at radius 1 is 1.28 bits per heavy atom. The van der Waals surface area contributed by atoms with Gasteiger partial charge in [0.05, 0.1) is 3.79 Å². The van der Waals surface area contributed by atoms with E-state index in [0.717, 1.165) is 10.9 Å². The van der Waals surface area contributed by atoms with Crippen LogP contribution < -0.4 is 5.32 Å². The van der Waals surface area contributed by atoms with E-state index in [0.29, 0.717) is 6.04 Å². The highest BCUT2D eigenvalue weighted by atomic mass is 79.9. The van der Waals surface area contributed by atoms with Crippen molar-refractivity contribution in [1.82, 2.24) is 5.32 Å². The molecule has 0 aliphatic rings. The molecule has 1 atom stereocenters. The van der Waals surface area contributed by atoms with Crippen LogP contribution >= 0.6 is 43.2 Å². The molecule has 2 aromatic rings. The topological polar surface area (TPSA) is 12.0 Å². The smallest absolute Gasteiger partial charge is 0.0704 e. The van der Waals surface area contributed by atoms with Crippen molar-refractivity contribution in [2.24, 2.45) is 0 Å². The highest BCUT2D eigenvalue weighted by Crippen LogP contribution is 2.32. The first kappa shape index (κ1) is 14.3. The predicted octanol–water partition coefficient (Wildman–Crippen LogP) is 5.08. The van der Waals surface area contributed by atoms with Gasteiger partial charge < -0.3 is 5.32 Å². The van der Waals surface area contributed by atoms with Gasteiger partial charge >= 0.3 is 0 Å². The molecule has 18 heavy (non-hydrogen) atoms. The summed E-state index contributed by atoms with van der Waals surface area (Å²) in [5.74, 6) is 0. The SMILES string of the molecule is CNC(Cc1cccc(Br)c1)c1cc(Br)sc1C. The van der Waals surface area contributed by atoms with Crippen molar-refractivity contribution in [3.05, 3.63) is 54.6 Å². The fourth-order valence-corrected chi connectivity index (χ4v) is 4.29. The first-order valence-electron chi connectivity index (χ1n) is 5.77. The third-order valence-corrected chi connectivity index (χ3v) is 5.04. The summed E-state index contributed by atoms with van der Waals surface area (Å²) in [7, 11) is 2.02. The van der Waals surface area contributed by atoms with E-state index in [2.05, 4.69) is 74.4 Å². The van der Waals surface area contributed by atoms with E-state index in [1.54, 1.807) is 11.3 Å². The second kappa shape index (κ2) is 6.33. The van der Waals surface area contributed by atoms with Gasteiger partial charge in [0.25, 0.3) is 0 Å². The van der Waals surface area contributed by atoms with Crippen molar-refractivity contribution in [2.75, 3.05) is 7.05 Å². The number of likely N-dealkylation sites (N-methyl/N-ethyl adjacent to an activating group) is 1. The number of rotatable bonds is 4. The normalized spacial score (nSPS) is 12.7. The van der Waals surface area contributed by atoms with Crippen LogP contribution in [0.2, 0.25) is 0 Å². The zero-order valence-electron chi connectivity index (χ0n) is 10.3. The molecule has 1 aromatic carbocycles. The van der Waals surface area contributed by atoms with Crippen LogP contribution in [0.5, 0.6) is 0 Å². The van der Waals surface area contributed by atoms with Crippen molar-refractivity contribution in [2.45, 2.75) is 19.4 Å². The molecule has 1 unspecified atom stereocenters. The molecule has 0 amide bonds. The van der Waals surface area contributed by atoms with Gasteiger partial charge in [0, 0.05) is 15.4 Å². The monoisotopic (exact) mass is 387 g/mol. The molecule has 1 N–H and O–H groups in total. The second-order valence-electron chi connectivity index (χ2n) is 4.24. The summed E-state index contributed by atoms with van der Waals surface area (Å²) in [4.78, 5) is 1.37. The minimum Gasteiger partial charge on any atom is -0.313 e. The molecule has 4 heteroatoms. The van der Waals surface area contributed by atoms with E-state index < -0.39 is 0 Å². The predicted molar refractivity (Wildman–Crippen MR) is 86.4 cm³/mol. The Balaban J connectivity index is 2.22. The maximum absolute atomic E-state index is 3.56. The van der Waals surface area contributed by atoms with Crippen molar-refractivity contribution < 1.29 is 0 Å². The standard InChI is InChI=1S/C14H15Br2NS/c1-9-12(8-14(16)18-9)13(17-2)7-10-4-3-5-11(15)6-10/h3-6,8,13,17H,7H2,1-2H3. The quantitative estimate of drug-likeness (QED) is 0.769. The fourth-order valence-electron chi connectivity index (χ4n) is 2.07. The minimum atomic E-state index is 0.363. The molecule has 1 nitrogen and oxygen atoms in total. The van der Waals surface area contributed by atoms with Gasteiger partial charge in [-0.1, -0.05) is 28.1 Å². The average Bonchev–Trinajstić information content (AvgIpc) is 2.65. The number of benzene rings is 1. The Bertz CT molecular complexity index is 536. The zero-order chi connectivity index (χ0) is 13.1. The molecule has 96 valence electrons. The molecule has 2 rings (SSSR count). The third kappa shape index (κ3) is 3.44. The zero-order valence-corrected chi connectivity index (χ0v) is 14.3. The van der Waals surface area contributed by atoms with Crippen LogP contribution in [0, 0.1) is 6.92 Å². The van der Waals surface area contributed by atoms with Gasteiger partial charge in [-0.25, -0.2) is 0 Å². The number of hydrogen-bond acceptors (Lipinski definition) is 2. The summed E-state index contributed by atoms with van der Waals surface area (Å²) in [5, 5.41) is 3.41. The molecule has 0 spiro atoms. The minimum absolute atomic E-state index is 0.363. The Labute approximate surface area is 129 Å². The van der Waals surface area contributed by atoms with Crippen LogP contribution in [-0.4, -0.2) is 7.05 Å². The molecular weight excluding hydrogens is 374 g/mol. The summed E-state index contributed by atoms with van der Waals surface area (Å²) in [6, 6.07) is 11.1. The van der Waals surface area contributed by atoms with Gasteiger partial charge in [0.1, 0.15) is 0 Å². The van der Waals surface area contributed by atoms with Gasteiger partial charge in [-0.3, -0.25) is 0 Å². The highest BCUT2D eigenvalue weighted by Gasteiger charge is 2.15. The Hall–Kier alpha value is -0.160. The number of thiophene rings is 1. The van der Waals surface area contributed by atoms with Crippen molar-refractivity contribution >= 4 is 43.2 Å². The van der Waals surface area contributed by atoms with E-state index in [-0.39, 0.29) is 0 Å². The third-order valence-electron chi connectivity index (χ3n) is 2.98. The second-order valence-corrected chi connectivity index (χ2v) is 7.79.